The van der Waals surface area contributed by atoms with Gasteiger partial charge in [-0.25, -0.2) is 22.9 Å². The van der Waals surface area contributed by atoms with Crippen LogP contribution in [0, 0.1) is 13.8 Å². The molecule has 0 atom stereocenters. The minimum atomic E-state index is -3.65. The van der Waals surface area contributed by atoms with Gasteiger partial charge in [0.15, 0.2) is 0 Å². The van der Waals surface area contributed by atoms with Crippen LogP contribution in [0.25, 0.3) is 0 Å². The Labute approximate surface area is 135 Å². The van der Waals surface area contributed by atoms with Crippen molar-refractivity contribution in [1.29, 1.82) is 0 Å². The molecule has 0 saturated heterocycles. The first-order valence-corrected chi connectivity index (χ1v) is 8.50. The number of nitrogens with one attached hydrogen (secondary N) is 1. The molecule has 2 rings (SSSR count). The number of ether oxygens (including phenoxy) is 1. The first-order valence-electron chi connectivity index (χ1n) is 7.01. The molecule has 0 bridgehead atoms. The average Bonchev–Trinajstić information content (AvgIpc) is 2.49. The van der Waals surface area contributed by atoms with Crippen molar-refractivity contribution in [3.63, 3.8) is 0 Å². The van der Waals surface area contributed by atoms with E-state index in [0.717, 1.165) is 11.1 Å². The SMILES string of the molecule is COc1c(C)cc(S(=O)(=O)NCCn2cccnc2=O)cc1C. The quantitative estimate of drug-likeness (QED) is 0.844. The highest BCUT2D eigenvalue weighted by Gasteiger charge is 2.16. The lowest BCUT2D eigenvalue weighted by Gasteiger charge is -2.12. The molecule has 1 aromatic heterocycles. The number of sulfonamides is 1. The number of hydrogen-bond acceptors (Lipinski definition) is 5. The predicted molar refractivity (Wildman–Crippen MR) is 86.2 cm³/mol. The summed E-state index contributed by atoms with van der Waals surface area (Å²) < 4.78 is 33.8. The lowest BCUT2D eigenvalue weighted by Crippen LogP contribution is -2.31. The summed E-state index contributed by atoms with van der Waals surface area (Å²) in [6.07, 6.45) is 2.96. The summed E-state index contributed by atoms with van der Waals surface area (Å²) in [6, 6.07) is 4.74. The third kappa shape index (κ3) is 3.96. The summed E-state index contributed by atoms with van der Waals surface area (Å²) in [5.41, 5.74) is 1.08. The van der Waals surface area contributed by atoms with Crippen molar-refractivity contribution in [2.75, 3.05) is 13.7 Å². The summed E-state index contributed by atoms with van der Waals surface area (Å²) >= 11 is 0. The topological polar surface area (TPSA) is 90.3 Å². The van der Waals surface area contributed by atoms with Crippen molar-refractivity contribution >= 4 is 10.0 Å². The van der Waals surface area contributed by atoms with Gasteiger partial charge >= 0.3 is 5.69 Å². The molecular weight excluding hydrogens is 318 g/mol. The molecule has 0 unspecified atom stereocenters. The van der Waals surface area contributed by atoms with E-state index in [0.29, 0.717) is 5.75 Å². The van der Waals surface area contributed by atoms with E-state index in [4.69, 9.17) is 4.74 Å². The predicted octanol–water partition coefficient (Wildman–Crippen LogP) is 0.847. The van der Waals surface area contributed by atoms with Gasteiger partial charge in [0.05, 0.1) is 12.0 Å². The zero-order valence-electron chi connectivity index (χ0n) is 13.2. The Morgan fingerprint density at radius 1 is 1.26 bits per heavy atom. The number of aryl methyl sites for hydroxylation is 2. The van der Waals surface area contributed by atoms with Crippen LogP contribution in [0.5, 0.6) is 5.75 Å². The lowest BCUT2D eigenvalue weighted by molar-refractivity contribution is 0.408. The van der Waals surface area contributed by atoms with Crippen LogP contribution in [0.15, 0.2) is 40.3 Å². The number of hydrogen-bond donors (Lipinski definition) is 1. The van der Waals surface area contributed by atoms with E-state index in [1.807, 2.05) is 0 Å². The molecule has 0 aliphatic rings. The van der Waals surface area contributed by atoms with Crippen LogP contribution < -0.4 is 15.1 Å². The van der Waals surface area contributed by atoms with Crippen LogP contribution in [0.1, 0.15) is 11.1 Å². The first kappa shape index (κ1) is 17.2. The third-order valence-corrected chi connectivity index (χ3v) is 4.82. The Balaban J connectivity index is 2.13. The van der Waals surface area contributed by atoms with E-state index < -0.39 is 15.7 Å². The lowest BCUT2D eigenvalue weighted by atomic mass is 10.1. The second-order valence-corrected chi connectivity index (χ2v) is 6.85. The second-order valence-electron chi connectivity index (χ2n) is 5.08. The highest BCUT2D eigenvalue weighted by atomic mass is 32.2. The summed E-state index contributed by atoms with van der Waals surface area (Å²) in [4.78, 5) is 15.2. The molecule has 1 aromatic carbocycles. The molecule has 1 N–H and O–H groups in total. The molecule has 0 fully saturated rings. The van der Waals surface area contributed by atoms with Gasteiger partial charge in [0.25, 0.3) is 0 Å². The standard InChI is InChI=1S/C15H19N3O4S/c1-11-9-13(10-12(2)14(11)22-3)23(20,21)17-6-8-18-7-4-5-16-15(18)19/h4-5,7,9-10,17H,6,8H2,1-3H3. The van der Waals surface area contributed by atoms with Crippen molar-refractivity contribution in [3.05, 3.63) is 52.2 Å². The molecule has 23 heavy (non-hydrogen) atoms. The number of benzene rings is 1. The molecule has 8 heteroatoms. The Morgan fingerprint density at radius 2 is 1.91 bits per heavy atom. The number of aromatic nitrogens is 2. The second kappa shape index (κ2) is 6.93. The van der Waals surface area contributed by atoms with E-state index >= 15 is 0 Å². The Bertz CT molecular complexity index is 836. The van der Waals surface area contributed by atoms with E-state index in [2.05, 4.69) is 9.71 Å². The minimum absolute atomic E-state index is 0.0953. The smallest absolute Gasteiger partial charge is 0.347 e. The van der Waals surface area contributed by atoms with Gasteiger partial charge in [0, 0.05) is 25.5 Å². The van der Waals surface area contributed by atoms with Crippen LogP contribution in [0.3, 0.4) is 0 Å². The van der Waals surface area contributed by atoms with Crippen LogP contribution in [0.4, 0.5) is 0 Å². The summed E-state index contributed by atoms with van der Waals surface area (Å²) in [6.45, 7) is 3.89. The first-order chi connectivity index (χ1) is 10.8. The van der Waals surface area contributed by atoms with Gasteiger partial charge in [0.1, 0.15) is 5.75 Å². The van der Waals surface area contributed by atoms with Gasteiger partial charge in [-0.1, -0.05) is 0 Å². The molecule has 2 aromatic rings. The van der Waals surface area contributed by atoms with Gasteiger partial charge in [-0.3, -0.25) is 4.57 Å². The molecule has 0 saturated carbocycles. The molecule has 124 valence electrons. The molecule has 1 heterocycles. The molecule has 0 spiro atoms. The van der Waals surface area contributed by atoms with Gasteiger partial charge in [0.2, 0.25) is 10.0 Å². The maximum atomic E-state index is 12.4. The number of methoxy groups -OCH3 is 1. The van der Waals surface area contributed by atoms with E-state index in [9.17, 15) is 13.2 Å². The van der Waals surface area contributed by atoms with Gasteiger partial charge < -0.3 is 4.74 Å². The largest absolute Gasteiger partial charge is 0.496 e. The highest BCUT2D eigenvalue weighted by Crippen LogP contribution is 2.26. The van der Waals surface area contributed by atoms with E-state index in [1.54, 1.807) is 45.4 Å². The number of rotatable bonds is 6. The molecule has 0 amide bonds. The van der Waals surface area contributed by atoms with Crippen LogP contribution >= 0.6 is 0 Å². The minimum Gasteiger partial charge on any atom is -0.496 e. The fourth-order valence-corrected chi connectivity index (χ4v) is 3.52. The Hall–Kier alpha value is -2.19. The molecule has 0 aliphatic carbocycles. The zero-order valence-corrected chi connectivity index (χ0v) is 14.1. The van der Waals surface area contributed by atoms with Crippen molar-refractivity contribution in [3.8, 4) is 5.75 Å². The van der Waals surface area contributed by atoms with Crippen molar-refractivity contribution in [2.45, 2.75) is 25.3 Å². The highest BCUT2D eigenvalue weighted by molar-refractivity contribution is 7.89. The van der Waals surface area contributed by atoms with Crippen molar-refractivity contribution in [2.24, 2.45) is 0 Å². The van der Waals surface area contributed by atoms with Crippen LogP contribution in [0.2, 0.25) is 0 Å². The Kier molecular flexibility index (Phi) is 5.17. The number of nitrogens with zero attached hydrogens (tertiary/aromatic N) is 2. The fraction of sp³-hybridized carbons (Fsp3) is 0.333. The normalized spacial score (nSPS) is 11.4. The maximum Gasteiger partial charge on any atom is 0.347 e. The monoisotopic (exact) mass is 337 g/mol. The maximum absolute atomic E-state index is 12.4. The average molecular weight is 337 g/mol. The van der Waals surface area contributed by atoms with Gasteiger partial charge in [-0.15, -0.1) is 0 Å². The third-order valence-electron chi connectivity index (χ3n) is 3.38. The van der Waals surface area contributed by atoms with Gasteiger partial charge in [-0.05, 0) is 43.2 Å². The zero-order chi connectivity index (χ0) is 17.0. The fourth-order valence-electron chi connectivity index (χ4n) is 2.33. The van der Waals surface area contributed by atoms with Crippen LogP contribution in [-0.2, 0) is 16.6 Å². The molecule has 0 radical (unpaired) electrons. The Morgan fingerprint density at radius 3 is 2.48 bits per heavy atom. The van der Waals surface area contributed by atoms with Crippen molar-refractivity contribution in [1.82, 2.24) is 14.3 Å². The van der Waals surface area contributed by atoms with E-state index in [1.165, 1.54) is 10.8 Å². The van der Waals surface area contributed by atoms with Crippen molar-refractivity contribution < 1.29 is 13.2 Å². The summed E-state index contributed by atoms with van der Waals surface area (Å²) in [7, 11) is -2.11. The van der Waals surface area contributed by atoms with Crippen LogP contribution in [-0.4, -0.2) is 31.6 Å². The molecule has 0 aliphatic heterocycles. The molecule has 7 nitrogen and oxygen atoms in total. The van der Waals surface area contributed by atoms with Gasteiger partial charge in [-0.2, -0.15) is 0 Å². The molecular formula is C15H19N3O4S. The summed E-state index contributed by atoms with van der Waals surface area (Å²) in [5.74, 6) is 0.672. The summed E-state index contributed by atoms with van der Waals surface area (Å²) in [5, 5.41) is 0. The van der Waals surface area contributed by atoms with E-state index in [-0.39, 0.29) is 18.0 Å².